The lowest BCUT2D eigenvalue weighted by Gasteiger charge is -2.18. The summed E-state index contributed by atoms with van der Waals surface area (Å²) in [5, 5.41) is 11.5. The van der Waals surface area contributed by atoms with Gasteiger partial charge in [-0.15, -0.1) is 10.2 Å². The summed E-state index contributed by atoms with van der Waals surface area (Å²) in [6, 6.07) is 8.27. The van der Waals surface area contributed by atoms with Crippen LogP contribution in [0.2, 0.25) is 0 Å². The van der Waals surface area contributed by atoms with E-state index in [0.29, 0.717) is 17.0 Å². The summed E-state index contributed by atoms with van der Waals surface area (Å²) in [7, 11) is 0. The molecule has 0 aliphatic carbocycles. The normalized spacial score (nSPS) is 13.1. The van der Waals surface area contributed by atoms with Crippen LogP contribution in [0.25, 0.3) is 11.5 Å². The van der Waals surface area contributed by atoms with Crippen LogP contribution >= 0.6 is 11.8 Å². The first-order valence-corrected chi connectivity index (χ1v) is 9.52. The highest BCUT2D eigenvalue weighted by Crippen LogP contribution is 2.27. The van der Waals surface area contributed by atoms with E-state index in [4.69, 9.17) is 4.42 Å². The van der Waals surface area contributed by atoms with Crippen molar-refractivity contribution in [3.8, 4) is 11.5 Å². The second-order valence-electron chi connectivity index (χ2n) is 7.59. The fraction of sp³-hybridized carbons (Fsp3) is 0.526. The average Bonchev–Trinajstić information content (AvgIpc) is 3.01. The van der Waals surface area contributed by atoms with Gasteiger partial charge in [-0.2, -0.15) is 0 Å². The van der Waals surface area contributed by atoms with Gasteiger partial charge in [-0.1, -0.05) is 58.5 Å². The fourth-order valence-electron chi connectivity index (χ4n) is 2.09. The maximum absolute atomic E-state index is 11.9. The van der Waals surface area contributed by atoms with Gasteiger partial charge in [0.1, 0.15) is 0 Å². The molecule has 0 bridgehead atoms. The molecule has 1 N–H and O–H groups in total. The molecule has 1 aromatic carbocycles. The molecule has 2 rings (SSSR count). The van der Waals surface area contributed by atoms with E-state index in [-0.39, 0.29) is 23.1 Å². The van der Waals surface area contributed by atoms with Gasteiger partial charge in [0.25, 0.3) is 5.22 Å². The van der Waals surface area contributed by atoms with Crippen molar-refractivity contribution in [1.82, 2.24) is 15.5 Å². The van der Waals surface area contributed by atoms with E-state index < -0.39 is 0 Å². The van der Waals surface area contributed by atoms with Crippen LogP contribution in [0.15, 0.2) is 33.9 Å². The number of hydrogen-bond donors (Lipinski definition) is 1. The largest absolute Gasteiger partial charge is 0.411 e. The minimum Gasteiger partial charge on any atom is -0.411 e. The monoisotopic (exact) mass is 361 g/mol. The molecule has 0 saturated carbocycles. The van der Waals surface area contributed by atoms with Crippen LogP contribution in [0.1, 0.15) is 47.1 Å². The molecule has 2 aromatic rings. The molecule has 1 aromatic heterocycles. The summed E-state index contributed by atoms with van der Waals surface area (Å²) >= 11 is 1.25. The Kier molecular flexibility index (Phi) is 6.27. The maximum atomic E-state index is 11.9. The molecule has 0 aliphatic rings. The van der Waals surface area contributed by atoms with Crippen molar-refractivity contribution in [3.05, 3.63) is 29.8 Å². The van der Waals surface area contributed by atoms with Crippen LogP contribution in [0.5, 0.6) is 0 Å². The Balaban J connectivity index is 1.95. The number of nitrogens with zero attached hydrogens (tertiary/aromatic N) is 2. The molecule has 0 radical (unpaired) electrons. The Morgan fingerprint density at radius 3 is 2.36 bits per heavy atom. The molecule has 0 spiro atoms. The summed E-state index contributed by atoms with van der Waals surface area (Å²) in [5.41, 5.74) is 2.24. The lowest BCUT2D eigenvalue weighted by atomic mass is 9.87. The smallest absolute Gasteiger partial charge is 0.277 e. The number of hydrogen-bond acceptors (Lipinski definition) is 5. The van der Waals surface area contributed by atoms with Gasteiger partial charge in [-0.05, 0) is 36.0 Å². The van der Waals surface area contributed by atoms with Crippen LogP contribution in [-0.4, -0.2) is 27.9 Å². The van der Waals surface area contributed by atoms with Gasteiger partial charge in [-0.3, -0.25) is 4.79 Å². The number of rotatable bonds is 6. The third-order valence-corrected chi connectivity index (χ3v) is 4.94. The SMILES string of the molecule is CC(C)C(C)NC(=O)CSc1nnc(-c2ccc(C(C)(C)C)cc2)o1. The Hall–Kier alpha value is -1.82. The fourth-order valence-corrected chi connectivity index (χ4v) is 2.66. The molecule has 6 heteroatoms. The minimum absolute atomic E-state index is 0.0273. The first-order valence-electron chi connectivity index (χ1n) is 8.53. The van der Waals surface area contributed by atoms with Gasteiger partial charge in [-0.25, -0.2) is 0 Å². The predicted octanol–water partition coefficient (Wildman–Crippen LogP) is 4.29. The Labute approximate surface area is 154 Å². The van der Waals surface area contributed by atoms with E-state index in [1.807, 2.05) is 19.1 Å². The van der Waals surface area contributed by atoms with Gasteiger partial charge in [0.15, 0.2) is 0 Å². The van der Waals surface area contributed by atoms with Crippen LogP contribution in [-0.2, 0) is 10.2 Å². The number of carbonyl (C=O) groups is 1. The summed E-state index contributed by atoms with van der Waals surface area (Å²) < 4.78 is 5.66. The number of nitrogens with one attached hydrogen (secondary N) is 1. The first kappa shape index (κ1) is 19.5. The van der Waals surface area contributed by atoms with Crippen molar-refractivity contribution >= 4 is 17.7 Å². The van der Waals surface area contributed by atoms with E-state index in [9.17, 15) is 4.79 Å². The van der Waals surface area contributed by atoms with Gasteiger partial charge < -0.3 is 9.73 Å². The van der Waals surface area contributed by atoms with E-state index in [0.717, 1.165) is 5.56 Å². The molecular weight excluding hydrogens is 334 g/mol. The number of aromatic nitrogens is 2. The molecule has 1 atom stereocenters. The van der Waals surface area contributed by atoms with Crippen molar-refractivity contribution < 1.29 is 9.21 Å². The summed E-state index contributed by atoms with van der Waals surface area (Å²) in [6.45, 7) is 12.7. The van der Waals surface area contributed by atoms with Gasteiger partial charge in [0, 0.05) is 11.6 Å². The zero-order chi connectivity index (χ0) is 18.6. The molecule has 1 unspecified atom stereocenters. The number of thioether (sulfide) groups is 1. The molecule has 0 aliphatic heterocycles. The molecule has 0 saturated heterocycles. The van der Waals surface area contributed by atoms with E-state index in [1.165, 1.54) is 17.3 Å². The molecular formula is C19H27N3O2S. The number of carbonyl (C=O) groups excluding carboxylic acids is 1. The van der Waals surface area contributed by atoms with Crippen molar-refractivity contribution in [2.45, 2.75) is 58.2 Å². The predicted molar refractivity (Wildman–Crippen MR) is 102 cm³/mol. The van der Waals surface area contributed by atoms with E-state index in [1.54, 1.807) is 0 Å². The van der Waals surface area contributed by atoms with Crippen LogP contribution in [0, 0.1) is 5.92 Å². The maximum Gasteiger partial charge on any atom is 0.277 e. The topological polar surface area (TPSA) is 68.0 Å². The Morgan fingerprint density at radius 1 is 1.16 bits per heavy atom. The molecule has 136 valence electrons. The van der Waals surface area contributed by atoms with Crippen molar-refractivity contribution in [2.24, 2.45) is 5.92 Å². The summed E-state index contributed by atoms with van der Waals surface area (Å²) in [6.07, 6.45) is 0. The molecule has 1 heterocycles. The standard InChI is InChI=1S/C19H27N3O2S/c1-12(2)13(3)20-16(23)11-25-18-22-21-17(24-18)14-7-9-15(10-8-14)19(4,5)6/h7-10,12-13H,11H2,1-6H3,(H,20,23). The number of amides is 1. The van der Waals surface area contributed by atoms with Crippen molar-refractivity contribution in [1.29, 1.82) is 0 Å². The van der Waals surface area contributed by atoms with Crippen LogP contribution in [0.3, 0.4) is 0 Å². The minimum atomic E-state index is -0.0273. The van der Waals surface area contributed by atoms with Crippen molar-refractivity contribution in [3.63, 3.8) is 0 Å². The lowest BCUT2D eigenvalue weighted by Crippen LogP contribution is -2.37. The van der Waals surface area contributed by atoms with Gasteiger partial charge in [0.2, 0.25) is 11.8 Å². The highest BCUT2D eigenvalue weighted by atomic mass is 32.2. The van der Waals surface area contributed by atoms with Crippen LogP contribution in [0.4, 0.5) is 0 Å². The van der Waals surface area contributed by atoms with Crippen LogP contribution < -0.4 is 5.32 Å². The Morgan fingerprint density at radius 2 is 1.80 bits per heavy atom. The molecule has 25 heavy (non-hydrogen) atoms. The Bertz CT molecular complexity index is 702. The third kappa shape index (κ3) is 5.59. The zero-order valence-electron chi connectivity index (χ0n) is 15.8. The van der Waals surface area contributed by atoms with Gasteiger partial charge in [0.05, 0.1) is 5.75 Å². The molecule has 1 amide bonds. The highest BCUT2D eigenvalue weighted by Gasteiger charge is 2.16. The number of benzene rings is 1. The lowest BCUT2D eigenvalue weighted by molar-refractivity contribution is -0.119. The second-order valence-corrected chi connectivity index (χ2v) is 8.52. The zero-order valence-corrected chi connectivity index (χ0v) is 16.6. The molecule has 0 fully saturated rings. The second kappa shape index (κ2) is 8.04. The average molecular weight is 362 g/mol. The first-order chi connectivity index (χ1) is 11.7. The highest BCUT2D eigenvalue weighted by molar-refractivity contribution is 7.99. The summed E-state index contributed by atoms with van der Waals surface area (Å²) in [4.78, 5) is 11.9. The van der Waals surface area contributed by atoms with E-state index >= 15 is 0 Å². The summed E-state index contributed by atoms with van der Waals surface area (Å²) in [5.74, 6) is 1.11. The third-order valence-electron chi connectivity index (χ3n) is 4.12. The molecule has 5 nitrogen and oxygen atoms in total. The van der Waals surface area contributed by atoms with E-state index in [2.05, 4.69) is 62.3 Å². The van der Waals surface area contributed by atoms with Crippen molar-refractivity contribution in [2.75, 3.05) is 5.75 Å². The van der Waals surface area contributed by atoms with Gasteiger partial charge >= 0.3 is 0 Å². The quantitative estimate of drug-likeness (QED) is 0.778.